The van der Waals surface area contributed by atoms with Crippen LogP contribution >= 0.6 is 0 Å². The molecule has 1 unspecified atom stereocenters. The van der Waals surface area contributed by atoms with Crippen molar-refractivity contribution >= 4 is 11.8 Å². The van der Waals surface area contributed by atoms with Crippen molar-refractivity contribution in [1.82, 2.24) is 10.2 Å². The minimum absolute atomic E-state index is 0.0252. The maximum Gasteiger partial charge on any atom is 0.242 e. The topological polar surface area (TPSA) is 103 Å². The zero-order valence-corrected chi connectivity index (χ0v) is 23.8. The SMILES string of the molecule is CCCCCCCCCCCCCC(=O)N1CCCC1C(=O)NCCCOCCOCCOCCCN. The predicted molar refractivity (Wildman–Crippen MR) is 150 cm³/mol. The summed E-state index contributed by atoms with van der Waals surface area (Å²) >= 11 is 0. The summed E-state index contributed by atoms with van der Waals surface area (Å²) in [7, 11) is 0. The van der Waals surface area contributed by atoms with Gasteiger partial charge in [0.25, 0.3) is 0 Å². The van der Waals surface area contributed by atoms with Gasteiger partial charge in [0.1, 0.15) is 6.04 Å². The molecule has 8 nitrogen and oxygen atoms in total. The van der Waals surface area contributed by atoms with Crippen molar-refractivity contribution in [2.75, 3.05) is 59.3 Å². The highest BCUT2D eigenvalue weighted by Gasteiger charge is 2.33. The van der Waals surface area contributed by atoms with E-state index in [-0.39, 0.29) is 17.9 Å². The maximum absolute atomic E-state index is 12.7. The molecule has 1 aliphatic rings. The minimum atomic E-state index is -0.304. The van der Waals surface area contributed by atoms with E-state index >= 15 is 0 Å². The fourth-order valence-corrected chi connectivity index (χ4v) is 4.65. The molecule has 0 spiro atoms. The average Bonchev–Trinajstić information content (AvgIpc) is 3.40. The van der Waals surface area contributed by atoms with Crippen molar-refractivity contribution in [2.24, 2.45) is 5.73 Å². The first-order chi connectivity index (χ1) is 18.2. The molecular weight excluding hydrogens is 470 g/mol. The Hall–Kier alpha value is -1.22. The van der Waals surface area contributed by atoms with Crippen LogP contribution in [0.15, 0.2) is 0 Å². The fraction of sp³-hybridized carbons (Fsp3) is 0.931. The van der Waals surface area contributed by atoms with Crippen LogP contribution in [-0.4, -0.2) is 82.0 Å². The first kappa shape index (κ1) is 33.8. The summed E-state index contributed by atoms with van der Waals surface area (Å²) in [5, 5.41) is 2.99. The van der Waals surface area contributed by atoms with Gasteiger partial charge in [-0.2, -0.15) is 0 Å². The molecule has 0 aromatic heterocycles. The molecule has 1 heterocycles. The van der Waals surface area contributed by atoms with Crippen molar-refractivity contribution in [3.8, 4) is 0 Å². The summed E-state index contributed by atoms with van der Waals surface area (Å²) in [4.78, 5) is 27.2. The molecule has 0 saturated carbocycles. The average molecular weight is 528 g/mol. The highest BCUT2D eigenvalue weighted by molar-refractivity contribution is 5.88. The molecule has 37 heavy (non-hydrogen) atoms. The van der Waals surface area contributed by atoms with E-state index in [0.717, 1.165) is 38.5 Å². The molecule has 0 bridgehead atoms. The Morgan fingerprint density at radius 2 is 1.30 bits per heavy atom. The van der Waals surface area contributed by atoms with Gasteiger partial charge < -0.3 is 30.2 Å². The van der Waals surface area contributed by atoms with E-state index in [4.69, 9.17) is 19.9 Å². The van der Waals surface area contributed by atoms with Crippen molar-refractivity contribution < 1.29 is 23.8 Å². The van der Waals surface area contributed by atoms with Gasteiger partial charge in [0.2, 0.25) is 11.8 Å². The number of hydrogen-bond donors (Lipinski definition) is 2. The maximum atomic E-state index is 12.7. The van der Waals surface area contributed by atoms with E-state index in [1.807, 2.05) is 0 Å². The molecule has 1 rings (SSSR count). The summed E-state index contributed by atoms with van der Waals surface area (Å²) in [5.74, 6) is 0.115. The van der Waals surface area contributed by atoms with Gasteiger partial charge in [-0.05, 0) is 38.6 Å². The third-order valence-electron chi connectivity index (χ3n) is 6.87. The largest absolute Gasteiger partial charge is 0.379 e. The van der Waals surface area contributed by atoms with Gasteiger partial charge in [0.05, 0.1) is 26.4 Å². The van der Waals surface area contributed by atoms with Crippen LogP contribution in [0.1, 0.15) is 110 Å². The second-order valence-electron chi connectivity index (χ2n) is 10.2. The first-order valence-corrected chi connectivity index (χ1v) is 15.2. The second kappa shape index (κ2) is 25.1. The molecule has 1 fully saturated rings. The number of likely N-dealkylation sites (tertiary alicyclic amines) is 1. The summed E-state index contributed by atoms with van der Waals surface area (Å²) in [6.45, 7) is 7.61. The Morgan fingerprint density at radius 3 is 1.89 bits per heavy atom. The van der Waals surface area contributed by atoms with Crippen LogP contribution in [0.3, 0.4) is 0 Å². The molecular formula is C29H57N3O5. The normalized spacial score (nSPS) is 15.4. The van der Waals surface area contributed by atoms with Crippen molar-refractivity contribution in [3.63, 3.8) is 0 Å². The van der Waals surface area contributed by atoms with Gasteiger partial charge in [0, 0.05) is 32.7 Å². The molecule has 1 aliphatic heterocycles. The molecule has 0 aliphatic carbocycles. The lowest BCUT2D eigenvalue weighted by Crippen LogP contribution is -2.46. The highest BCUT2D eigenvalue weighted by atomic mass is 16.5. The van der Waals surface area contributed by atoms with Crippen LogP contribution in [0.25, 0.3) is 0 Å². The number of amides is 2. The Morgan fingerprint density at radius 1 is 0.757 bits per heavy atom. The highest BCUT2D eigenvalue weighted by Crippen LogP contribution is 2.20. The molecule has 2 amide bonds. The molecule has 8 heteroatoms. The van der Waals surface area contributed by atoms with Crippen molar-refractivity contribution in [3.05, 3.63) is 0 Å². The molecule has 3 N–H and O–H groups in total. The zero-order valence-electron chi connectivity index (χ0n) is 23.8. The van der Waals surface area contributed by atoms with Crippen molar-refractivity contribution in [2.45, 2.75) is 116 Å². The summed E-state index contributed by atoms with van der Waals surface area (Å²) in [6.07, 6.45) is 17.8. The van der Waals surface area contributed by atoms with Crippen LogP contribution in [-0.2, 0) is 23.8 Å². The summed E-state index contributed by atoms with van der Waals surface area (Å²) in [6, 6.07) is -0.304. The number of carbonyl (C=O) groups excluding carboxylic acids is 2. The van der Waals surface area contributed by atoms with Crippen LogP contribution in [0, 0.1) is 0 Å². The molecule has 218 valence electrons. The van der Waals surface area contributed by atoms with E-state index in [2.05, 4.69) is 12.2 Å². The van der Waals surface area contributed by atoms with Crippen LogP contribution in [0.5, 0.6) is 0 Å². The first-order valence-electron chi connectivity index (χ1n) is 15.2. The number of carbonyl (C=O) groups is 2. The number of ether oxygens (including phenoxy) is 3. The lowest BCUT2D eigenvalue weighted by Gasteiger charge is -2.24. The van der Waals surface area contributed by atoms with E-state index < -0.39 is 0 Å². The molecule has 1 atom stereocenters. The molecule has 0 radical (unpaired) electrons. The third kappa shape index (κ3) is 18.6. The van der Waals surface area contributed by atoms with Gasteiger partial charge in [-0.1, -0.05) is 71.1 Å². The number of hydrogen-bond acceptors (Lipinski definition) is 6. The van der Waals surface area contributed by atoms with Gasteiger partial charge in [-0.25, -0.2) is 0 Å². The Balaban J connectivity index is 1.98. The molecule has 1 saturated heterocycles. The lowest BCUT2D eigenvalue weighted by atomic mass is 10.0. The van der Waals surface area contributed by atoms with E-state index in [0.29, 0.717) is 65.7 Å². The van der Waals surface area contributed by atoms with Gasteiger partial charge in [-0.15, -0.1) is 0 Å². The summed E-state index contributed by atoms with van der Waals surface area (Å²) < 4.78 is 16.4. The van der Waals surface area contributed by atoms with Gasteiger partial charge >= 0.3 is 0 Å². The van der Waals surface area contributed by atoms with Crippen LogP contribution in [0.4, 0.5) is 0 Å². The van der Waals surface area contributed by atoms with E-state index in [9.17, 15) is 9.59 Å². The third-order valence-corrected chi connectivity index (χ3v) is 6.87. The predicted octanol–water partition coefficient (Wildman–Crippen LogP) is 4.58. The smallest absolute Gasteiger partial charge is 0.242 e. The standard InChI is InChI=1S/C29H57N3O5/c1-2-3-4-5-6-7-8-9-10-11-12-17-28(33)32-20-13-16-27(32)29(34)31-19-15-22-36-24-26-37-25-23-35-21-14-18-30/h27H,2-26,30H2,1H3,(H,31,34). The number of nitrogens with zero attached hydrogens (tertiary/aromatic N) is 1. The van der Waals surface area contributed by atoms with Crippen LogP contribution in [0.2, 0.25) is 0 Å². The lowest BCUT2D eigenvalue weighted by molar-refractivity contribution is -0.138. The number of nitrogens with two attached hydrogens (primary N) is 1. The Kier molecular flexibility index (Phi) is 22.9. The molecule has 0 aromatic rings. The van der Waals surface area contributed by atoms with Gasteiger partial charge in [0.15, 0.2) is 0 Å². The number of rotatable bonds is 26. The van der Waals surface area contributed by atoms with E-state index in [1.165, 1.54) is 57.8 Å². The Bertz CT molecular complexity index is 550. The second-order valence-corrected chi connectivity index (χ2v) is 10.2. The fourth-order valence-electron chi connectivity index (χ4n) is 4.65. The monoisotopic (exact) mass is 527 g/mol. The Labute approximate surface area is 226 Å². The quantitative estimate of drug-likeness (QED) is 0.160. The van der Waals surface area contributed by atoms with E-state index in [1.54, 1.807) is 4.90 Å². The van der Waals surface area contributed by atoms with Gasteiger partial charge in [-0.3, -0.25) is 9.59 Å². The zero-order chi connectivity index (χ0) is 26.8. The number of nitrogens with one attached hydrogen (secondary N) is 1. The number of unbranched alkanes of at least 4 members (excludes halogenated alkanes) is 10. The van der Waals surface area contributed by atoms with Crippen LogP contribution < -0.4 is 11.1 Å². The van der Waals surface area contributed by atoms with Crippen molar-refractivity contribution in [1.29, 1.82) is 0 Å². The minimum Gasteiger partial charge on any atom is -0.379 e. The molecule has 0 aromatic carbocycles. The summed E-state index contributed by atoms with van der Waals surface area (Å²) in [5.41, 5.74) is 5.40.